The maximum Gasteiger partial charge on any atom is 0.442 e. The Hall–Kier alpha value is -3.67. The van der Waals surface area contributed by atoms with Crippen LogP contribution in [0.4, 0.5) is 5.69 Å². The number of nitrogens with one attached hydrogen (secondary N) is 1. The van der Waals surface area contributed by atoms with E-state index in [2.05, 4.69) is 10.5 Å². The molecule has 1 N–H and O–H groups in total. The summed E-state index contributed by atoms with van der Waals surface area (Å²) < 4.78 is 5.97. The van der Waals surface area contributed by atoms with E-state index in [1.165, 1.54) is 4.57 Å². The lowest BCUT2D eigenvalue weighted by Crippen LogP contribution is -2.25. The molecule has 0 fully saturated rings. The molecule has 6 heteroatoms. The van der Waals surface area contributed by atoms with Gasteiger partial charge in [0.15, 0.2) is 5.82 Å². The molecule has 1 heterocycles. The molecule has 128 valence electrons. The summed E-state index contributed by atoms with van der Waals surface area (Å²) in [6, 6.07) is 22.6. The van der Waals surface area contributed by atoms with Crippen molar-refractivity contribution >= 4 is 22.4 Å². The number of amides is 1. The summed E-state index contributed by atoms with van der Waals surface area (Å²) in [5, 5.41) is 8.61. The fourth-order valence-corrected chi connectivity index (χ4v) is 2.87. The van der Waals surface area contributed by atoms with Crippen molar-refractivity contribution < 1.29 is 9.32 Å². The predicted octanol–water partition coefficient (Wildman–Crippen LogP) is 3.30. The number of carbonyl (C=O) groups excluding carboxylic acids is 1. The van der Waals surface area contributed by atoms with Crippen LogP contribution in [-0.4, -0.2) is 15.6 Å². The van der Waals surface area contributed by atoms with Gasteiger partial charge in [0.2, 0.25) is 5.91 Å². The smallest absolute Gasteiger partial charge is 0.324 e. The van der Waals surface area contributed by atoms with Gasteiger partial charge in [-0.1, -0.05) is 71.9 Å². The average Bonchev–Trinajstić information content (AvgIpc) is 3.03. The molecule has 26 heavy (non-hydrogen) atoms. The van der Waals surface area contributed by atoms with Crippen molar-refractivity contribution in [2.45, 2.75) is 6.54 Å². The van der Waals surface area contributed by atoms with Crippen LogP contribution < -0.4 is 11.1 Å². The number of hydrogen-bond donors (Lipinski definition) is 1. The number of rotatable bonds is 4. The molecule has 1 aromatic heterocycles. The second-order valence-electron chi connectivity index (χ2n) is 5.80. The Bertz CT molecular complexity index is 1120. The molecular weight excluding hydrogens is 330 g/mol. The molecule has 0 saturated heterocycles. The molecule has 0 aliphatic carbocycles. The van der Waals surface area contributed by atoms with Crippen LogP contribution in [0, 0.1) is 0 Å². The largest absolute Gasteiger partial charge is 0.442 e. The van der Waals surface area contributed by atoms with Crippen molar-refractivity contribution in [2.75, 3.05) is 5.32 Å². The third-order valence-corrected chi connectivity index (χ3v) is 4.08. The van der Waals surface area contributed by atoms with E-state index in [-0.39, 0.29) is 12.5 Å². The van der Waals surface area contributed by atoms with Crippen molar-refractivity contribution in [1.82, 2.24) is 9.72 Å². The summed E-state index contributed by atoms with van der Waals surface area (Å²) in [7, 11) is 0. The average molecular weight is 345 g/mol. The van der Waals surface area contributed by atoms with Crippen LogP contribution in [0.5, 0.6) is 0 Å². The molecular formula is C20H15N3O3. The van der Waals surface area contributed by atoms with Gasteiger partial charge in [0.1, 0.15) is 6.54 Å². The number of fused-ring (bicyclic) bond motifs is 1. The molecule has 4 aromatic rings. The Morgan fingerprint density at radius 1 is 0.962 bits per heavy atom. The summed E-state index contributed by atoms with van der Waals surface area (Å²) >= 11 is 0. The normalized spacial score (nSPS) is 10.8. The maximum absolute atomic E-state index is 12.5. The Morgan fingerprint density at radius 2 is 1.69 bits per heavy atom. The van der Waals surface area contributed by atoms with Crippen molar-refractivity contribution in [1.29, 1.82) is 0 Å². The minimum absolute atomic E-state index is 0.185. The lowest BCUT2D eigenvalue weighted by molar-refractivity contribution is -0.116. The fraction of sp³-hybridized carbons (Fsp3) is 0.0500. The van der Waals surface area contributed by atoms with E-state index in [9.17, 15) is 9.59 Å². The van der Waals surface area contributed by atoms with Gasteiger partial charge in [-0.05, 0) is 11.5 Å². The summed E-state index contributed by atoms with van der Waals surface area (Å²) in [5.74, 6) is -0.676. The van der Waals surface area contributed by atoms with E-state index in [1.54, 1.807) is 12.1 Å². The van der Waals surface area contributed by atoms with E-state index in [0.717, 1.165) is 10.8 Å². The minimum atomic E-state index is -0.670. The van der Waals surface area contributed by atoms with E-state index in [1.807, 2.05) is 60.7 Å². The minimum Gasteiger partial charge on any atom is -0.324 e. The number of aromatic nitrogens is 2. The zero-order valence-electron chi connectivity index (χ0n) is 13.8. The molecule has 0 radical (unpaired) electrons. The molecule has 0 aliphatic rings. The fourth-order valence-electron chi connectivity index (χ4n) is 2.87. The highest BCUT2D eigenvalue weighted by atomic mass is 16.5. The van der Waals surface area contributed by atoms with Gasteiger partial charge < -0.3 is 5.32 Å². The second-order valence-corrected chi connectivity index (χ2v) is 5.80. The highest BCUT2D eigenvalue weighted by Gasteiger charge is 2.16. The van der Waals surface area contributed by atoms with Crippen molar-refractivity contribution in [3.8, 4) is 11.4 Å². The molecule has 6 nitrogen and oxygen atoms in total. The zero-order chi connectivity index (χ0) is 17.9. The van der Waals surface area contributed by atoms with Gasteiger partial charge in [0.25, 0.3) is 0 Å². The number of carbonyl (C=O) groups is 1. The zero-order valence-corrected chi connectivity index (χ0v) is 13.8. The van der Waals surface area contributed by atoms with Gasteiger partial charge in [-0.3, -0.25) is 9.32 Å². The van der Waals surface area contributed by atoms with Crippen LogP contribution in [0.15, 0.2) is 82.1 Å². The summed E-state index contributed by atoms with van der Waals surface area (Å²) in [5.41, 5.74) is 1.40. The molecule has 0 atom stereocenters. The van der Waals surface area contributed by atoms with E-state index in [0.29, 0.717) is 17.1 Å². The van der Waals surface area contributed by atoms with Gasteiger partial charge in [0, 0.05) is 16.6 Å². The van der Waals surface area contributed by atoms with Gasteiger partial charge in [0.05, 0.1) is 0 Å². The molecule has 1 amide bonds. The maximum atomic E-state index is 12.5. The molecule has 0 saturated carbocycles. The third kappa shape index (κ3) is 3.00. The topological polar surface area (TPSA) is 77.1 Å². The Kier molecular flexibility index (Phi) is 4.07. The first-order valence-electron chi connectivity index (χ1n) is 8.12. The van der Waals surface area contributed by atoms with Gasteiger partial charge in [-0.2, -0.15) is 0 Å². The lowest BCUT2D eigenvalue weighted by atomic mass is 10.1. The Morgan fingerprint density at radius 3 is 2.54 bits per heavy atom. The molecule has 0 unspecified atom stereocenters. The van der Waals surface area contributed by atoms with Crippen molar-refractivity contribution in [3.63, 3.8) is 0 Å². The molecule has 3 aromatic carbocycles. The molecule has 0 bridgehead atoms. The van der Waals surface area contributed by atoms with Crippen LogP contribution in [0.3, 0.4) is 0 Å². The third-order valence-electron chi connectivity index (χ3n) is 4.08. The summed E-state index contributed by atoms with van der Waals surface area (Å²) in [6.07, 6.45) is 0. The summed E-state index contributed by atoms with van der Waals surface area (Å²) in [6.45, 7) is -0.185. The first-order valence-corrected chi connectivity index (χ1v) is 8.12. The number of benzene rings is 3. The molecule has 4 rings (SSSR count). The van der Waals surface area contributed by atoms with Crippen LogP contribution >= 0.6 is 0 Å². The Labute approximate surface area is 148 Å². The van der Waals surface area contributed by atoms with Crippen molar-refractivity contribution in [2.24, 2.45) is 0 Å². The first kappa shape index (κ1) is 15.8. The van der Waals surface area contributed by atoms with Crippen LogP contribution in [0.1, 0.15) is 0 Å². The number of nitrogens with zero attached hydrogens (tertiary/aromatic N) is 2. The molecule has 0 spiro atoms. The van der Waals surface area contributed by atoms with Gasteiger partial charge in [-0.25, -0.2) is 9.36 Å². The Balaban J connectivity index is 1.62. The summed E-state index contributed by atoms with van der Waals surface area (Å²) in [4.78, 5) is 24.5. The predicted molar refractivity (Wildman–Crippen MR) is 98.8 cm³/mol. The van der Waals surface area contributed by atoms with E-state index >= 15 is 0 Å². The lowest BCUT2D eigenvalue weighted by Gasteiger charge is -2.09. The second kappa shape index (κ2) is 6.68. The van der Waals surface area contributed by atoms with E-state index < -0.39 is 5.76 Å². The van der Waals surface area contributed by atoms with Crippen LogP contribution in [-0.2, 0) is 11.3 Å². The first-order chi connectivity index (χ1) is 12.7. The van der Waals surface area contributed by atoms with Crippen molar-refractivity contribution in [3.05, 3.63) is 83.3 Å². The van der Waals surface area contributed by atoms with Crippen LogP contribution in [0.2, 0.25) is 0 Å². The van der Waals surface area contributed by atoms with Gasteiger partial charge in [-0.15, -0.1) is 0 Å². The quantitative estimate of drug-likeness (QED) is 0.616. The monoisotopic (exact) mass is 345 g/mol. The highest BCUT2D eigenvalue weighted by molar-refractivity contribution is 6.02. The SMILES string of the molecule is O=C(Cn1c(-c2ccccc2)noc1=O)Nc1cccc2ccccc12. The number of hydrogen-bond acceptors (Lipinski definition) is 4. The number of anilines is 1. The van der Waals surface area contributed by atoms with Gasteiger partial charge >= 0.3 is 5.76 Å². The highest BCUT2D eigenvalue weighted by Crippen LogP contribution is 2.23. The van der Waals surface area contributed by atoms with Crippen LogP contribution in [0.25, 0.3) is 22.2 Å². The molecule has 0 aliphatic heterocycles. The standard InChI is InChI=1S/C20H15N3O3/c24-18(21-17-12-6-10-14-7-4-5-11-16(14)17)13-23-19(22-26-20(23)25)15-8-2-1-3-9-15/h1-12H,13H2,(H,21,24). The van der Waals surface area contributed by atoms with E-state index in [4.69, 9.17) is 4.52 Å².